The van der Waals surface area contributed by atoms with Crippen molar-refractivity contribution in [3.05, 3.63) is 23.4 Å². The fraction of sp³-hybridized carbons (Fsp3) is 0.611. The van der Waals surface area contributed by atoms with Crippen LogP contribution >= 0.6 is 0 Å². The Morgan fingerprint density at radius 2 is 2.09 bits per heavy atom. The van der Waals surface area contributed by atoms with Gasteiger partial charge < -0.3 is 19.5 Å². The van der Waals surface area contributed by atoms with Crippen LogP contribution in [0.2, 0.25) is 0 Å². The van der Waals surface area contributed by atoms with Crippen molar-refractivity contribution < 1.29 is 9.26 Å². The normalized spacial score (nSPS) is 16.3. The van der Waals surface area contributed by atoms with E-state index in [4.69, 9.17) is 9.26 Å². The topological polar surface area (TPSA) is 50.5 Å². The predicted octanol–water partition coefficient (Wildman–Crippen LogP) is 2.83. The Morgan fingerprint density at radius 1 is 1.30 bits per heavy atom. The van der Waals surface area contributed by atoms with Gasteiger partial charge in [-0.1, -0.05) is 5.16 Å². The molecule has 0 atom stereocenters. The van der Waals surface area contributed by atoms with Gasteiger partial charge in [0.25, 0.3) is 0 Å². The molecule has 0 saturated carbocycles. The minimum atomic E-state index is 0.808. The second-order valence-corrected chi connectivity index (χ2v) is 6.76. The van der Waals surface area contributed by atoms with Gasteiger partial charge in [0.2, 0.25) is 0 Å². The lowest BCUT2D eigenvalue weighted by Crippen LogP contribution is -2.27. The number of nitrogens with zero attached hydrogens (tertiary/aromatic N) is 2. The molecule has 0 amide bonds. The van der Waals surface area contributed by atoms with Crippen LogP contribution in [0.25, 0.3) is 11.0 Å². The maximum Gasteiger partial charge on any atom is 0.170 e. The molecule has 1 aliphatic heterocycles. The van der Waals surface area contributed by atoms with Gasteiger partial charge in [0.15, 0.2) is 5.58 Å². The molecule has 2 aromatic rings. The summed E-state index contributed by atoms with van der Waals surface area (Å²) < 4.78 is 11.0. The largest absolute Gasteiger partial charge is 0.496 e. The van der Waals surface area contributed by atoms with Crippen LogP contribution in [0.1, 0.15) is 30.5 Å². The quantitative estimate of drug-likeness (QED) is 0.888. The van der Waals surface area contributed by atoms with E-state index in [0.29, 0.717) is 0 Å². The first-order valence-electron chi connectivity index (χ1n) is 8.48. The van der Waals surface area contributed by atoms with E-state index in [2.05, 4.69) is 35.5 Å². The zero-order chi connectivity index (χ0) is 16.2. The summed E-state index contributed by atoms with van der Waals surface area (Å²) in [6.07, 6.45) is 4.73. The Balaban J connectivity index is 1.80. The van der Waals surface area contributed by atoms with Gasteiger partial charge in [-0.25, -0.2) is 0 Å². The number of methoxy groups -OCH3 is 1. The zero-order valence-electron chi connectivity index (χ0n) is 14.4. The van der Waals surface area contributed by atoms with Crippen molar-refractivity contribution in [2.24, 2.45) is 5.92 Å². The number of aromatic nitrogens is 1. The average molecular weight is 317 g/mol. The van der Waals surface area contributed by atoms with E-state index in [0.717, 1.165) is 54.4 Å². The Kier molecular flexibility index (Phi) is 5.18. The molecule has 1 saturated heterocycles. The molecule has 3 rings (SSSR count). The Hall–Kier alpha value is -1.59. The molecular weight excluding hydrogens is 290 g/mol. The van der Waals surface area contributed by atoms with E-state index < -0.39 is 0 Å². The summed E-state index contributed by atoms with van der Waals surface area (Å²) in [6.45, 7) is 3.14. The van der Waals surface area contributed by atoms with E-state index >= 15 is 0 Å². The van der Waals surface area contributed by atoms with Crippen molar-refractivity contribution in [3.63, 3.8) is 0 Å². The van der Waals surface area contributed by atoms with Gasteiger partial charge in [-0.05, 0) is 64.9 Å². The smallest absolute Gasteiger partial charge is 0.170 e. The van der Waals surface area contributed by atoms with Crippen LogP contribution in [-0.4, -0.2) is 44.4 Å². The van der Waals surface area contributed by atoms with Crippen LogP contribution in [0.15, 0.2) is 16.7 Å². The highest BCUT2D eigenvalue weighted by molar-refractivity contribution is 5.82. The molecule has 23 heavy (non-hydrogen) atoms. The molecular formula is C18H27N3O2. The summed E-state index contributed by atoms with van der Waals surface area (Å²) in [5.74, 6) is 1.68. The van der Waals surface area contributed by atoms with Crippen molar-refractivity contribution in [3.8, 4) is 5.75 Å². The molecule has 1 aliphatic rings. The maximum absolute atomic E-state index is 5.54. The average Bonchev–Trinajstić information content (AvgIpc) is 2.94. The van der Waals surface area contributed by atoms with Crippen LogP contribution in [-0.2, 0) is 13.0 Å². The van der Waals surface area contributed by atoms with E-state index in [1.807, 2.05) is 6.07 Å². The van der Waals surface area contributed by atoms with Crippen molar-refractivity contribution in [1.82, 2.24) is 15.4 Å². The second-order valence-electron chi connectivity index (χ2n) is 6.76. The number of hydrogen-bond acceptors (Lipinski definition) is 5. The van der Waals surface area contributed by atoms with E-state index in [9.17, 15) is 0 Å². The molecule has 0 spiro atoms. The van der Waals surface area contributed by atoms with Gasteiger partial charge in [-0.15, -0.1) is 0 Å². The molecule has 2 heterocycles. The number of nitrogens with one attached hydrogen (secondary N) is 1. The highest BCUT2D eigenvalue weighted by Crippen LogP contribution is 2.30. The molecule has 0 aliphatic carbocycles. The van der Waals surface area contributed by atoms with Crippen LogP contribution in [0.5, 0.6) is 5.75 Å². The van der Waals surface area contributed by atoms with E-state index in [-0.39, 0.29) is 0 Å². The third kappa shape index (κ3) is 3.85. The first kappa shape index (κ1) is 16.3. The molecule has 0 bridgehead atoms. The molecule has 0 radical (unpaired) electrons. The van der Waals surface area contributed by atoms with E-state index in [1.54, 1.807) is 7.11 Å². The van der Waals surface area contributed by atoms with E-state index in [1.165, 1.54) is 24.8 Å². The first-order valence-corrected chi connectivity index (χ1v) is 8.48. The summed E-state index contributed by atoms with van der Waals surface area (Å²) in [4.78, 5) is 2.14. The molecule has 1 fully saturated rings. The van der Waals surface area contributed by atoms with Crippen LogP contribution in [0, 0.1) is 5.92 Å². The lowest BCUT2D eigenvalue weighted by atomic mass is 9.92. The monoisotopic (exact) mass is 317 g/mol. The molecule has 126 valence electrons. The summed E-state index contributed by atoms with van der Waals surface area (Å²) in [7, 11) is 5.83. The highest BCUT2D eigenvalue weighted by Gasteiger charge is 2.17. The second kappa shape index (κ2) is 7.32. The van der Waals surface area contributed by atoms with Crippen molar-refractivity contribution in [2.45, 2.75) is 32.2 Å². The molecule has 5 nitrogen and oxygen atoms in total. The Morgan fingerprint density at radius 3 is 2.78 bits per heavy atom. The molecule has 1 aromatic carbocycles. The first-order chi connectivity index (χ1) is 11.2. The highest BCUT2D eigenvalue weighted by atomic mass is 16.5. The van der Waals surface area contributed by atoms with Gasteiger partial charge in [0.05, 0.1) is 12.8 Å². The van der Waals surface area contributed by atoms with Crippen LogP contribution < -0.4 is 10.1 Å². The number of benzene rings is 1. The van der Waals surface area contributed by atoms with Gasteiger partial charge in [-0.3, -0.25) is 0 Å². The molecule has 5 heteroatoms. The Bertz CT molecular complexity index is 645. The van der Waals surface area contributed by atoms with Gasteiger partial charge in [0.1, 0.15) is 5.75 Å². The number of hydrogen-bond donors (Lipinski definition) is 1. The van der Waals surface area contributed by atoms with Crippen LogP contribution in [0.3, 0.4) is 0 Å². The third-order valence-corrected chi connectivity index (χ3v) is 4.68. The van der Waals surface area contributed by atoms with Crippen molar-refractivity contribution >= 4 is 11.0 Å². The molecule has 1 aromatic heterocycles. The lowest BCUT2D eigenvalue weighted by molar-refractivity contribution is 0.350. The van der Waals surface area contributed by atoms with Gasteiger partial charge in [0, 0.05) is 23.6 Å². The number of aryl methyl sites for hydroxylation is 1. The van der Waals surface area contributed by atoms with Gasteiger partial charge >= 0.3 is 0 Å². The number of ether oxygens (including phenoxy) is 1. The SMILES string of the molecule is COc1cc2onc(CCC3CCNCC3)c2cc1CN(C)C. The minimum Gasteiger partial charge on any atom is -0.496 e. The zero-order valence-corrected chi connectivity index (χ0v) is 14.4. The standard InChI is InChI=1S/C18H27N3O2/c1-21(2)12-14-10-15-16(5-4-13-6-8-19-9-7-13)20-23-18(15)11-17(14)22-3/h10-11,13,19H,4-9,12H2,1-3H3. The number of fused-ring (bicyclic) bond motifs is 1. The Labute approximate surface area is 138 Å². The fourth-order valence-electron chi connectivity index (χ4n) is 3.41. The predicted molar refractivity (Wildman–Crippen MR) is 91.9 cm³/mol. The molecule has 0 unspecified atom stereocenters. The fourth-order valence-corrected chi connectivity index (χ4v) is 3.41. The van der Waals surface area contributed by atoms with Crippen molar-refractivity contribution in [2.75, 3.05) is 34.3 Å². The summed E-state index contributed by atoms with van der Waals surface area (Å²) in [6, 6.07) is 4.15. The maximum atomic E-state index is 5.54. The molecule has 1 N–H and O–H groups in total. The summed E-state index contributed by atoms with van der Waals surface area (Å²) in [5.41, 5.74) is 3.09. The summed E-state index contributed by atoms with van der Waals surface area (Å²) in [5, 5.41) is 8.87. The van der Waals surface area contributed by atoms with Crippen LogP contribution in [0.4, 0.5) is 0 Å². The van der Waals surface area contributed by atoms with Crippen molar-refractivity contribution in [1.29, 1.82) is 0 Å². The minimum absolute atomic E-state index is 0.808. The summed E-state index contributed by atoms with van der Waals surface area (Å²) >= 11 is 0. The third-order valence-electron chi connectivity index (χ3n) is 4.68. The van der Waals surface area contributed by atoms with Gasteiger partial charge in [-0.2, -0.15) is 0 Å². The number of rotatable bonds is 6. The lowest BCUT2D eigenvalue weighted by Gasteiger charge is -2.21. The number of piperidine rings is 1.